The highest BCUT2D eigenvalue weighted by molar-refractivity contribution is 5.19. The number of nitrogens with zero attached hydrogens (tertiary/aromatic N) is 1. The van der Waals surface area contributed by atoms with Crippen LogP contribution < -0.4 is 0 Å². The lowest BCUT2D eigenvalue weighted by atomic mass is 10.0. The molecule has 0 saturated heterocycles. The summed E-state index contributed by atoms with van der Waals surface area (Å²) in [6.45, 7) is 2.18. The Kier molecular flexibility index (Phi) is 7.80. The van der Waals surface area contributed by atoms with Gasteiger partial charge in [-0.05, 0) is 36.1 Å². The lowest BCUT2D eigenvalue weighted by Crippen LogP contribution is -2.29. The molecule has 0 aromatic heterocycles. The molecule has 146 valence electrons. The van der Waals surface area contributed by atoms with E-state index in [0.717, 1.165) is 30.6 Å². The van der Waals surface area contributed by atoms with Crippen LogP contribution in [-0.4, -0.2) is 28.2 Å². The summed E-state index contributed by atoms with van der Waals surface area (Å²) < 4.78 is 0. The molecule has 3 aromatic carbocycles. The Balaban J connectivity index is 1.59. The van der Waals surface area contributed by atoms with Crippen molar-refractivity contribution < 1.29 is 10.2 Å². The van der Waals surface area contributed by atoms with Crippen molar-refractivity contribution in [1.29, 1.82) is 0 Å². The van der Waals surface area contributed by atoms with Gasteiger partial charge in [-0.25, -0.2) is 0 Å². The molecule has 28 heavy (non-hydrogen) atoms. The van der Waals surface area contributed by atoms with Crippen molar-refractivity contribution in [1.82, 2.24) is 4.90 Å². The van der Waals surface area contributed by atoms with E-state index in [1.165, 1.54) is 5.56 Å². The minimum absolute atomic E-state index is 0.446. The first-order chi connectivity index (χ1) is 13.7. The lowest BCUT2D eigenvalue weighted by Gasteiger charge is -2.26. The van der Waals surface area contributed by atoms with Gasteiger partial charge in [0.2, 0.25) is 0 Å². The van der Waals surface area contributed by atoms with Crippen LogP contribution >= 0.6 is 0 Å². The molecule has 3 heteroatoms. The second-order valence-corrected chi connectivity index (χ2v) is 7.22. The van der Waals surface area contributed by atoms with Gasteiger partial charge in [0.05, 0.1) is 12.2 Å². The molecule has 3 nitrogen and oxygen atoms in total. The van der Waals surface area contributed by atoms with Crippen LogP contribution in [0.4, 0.5) is 0 Å². The van der Waals surface area contributed by atoms with Gasteiger partial charge in [0.15, 0.2) is 0 Å². The van der Waals surface area contributed by atoms with Gasteiger partial charge >= 0.3 is 0 Å². The lowest BCUT2D eigenvalue weighted by molar-refractivity contribution is 0.101. The van der Waals surface area contributed by atoms with Crippen LogP contribution in [0, 0.1) is 0 Å². The zero-order chi connectivity index (χ0) is 19.6. The molecule has 3 rings (SSSR count). The fraction of sp³-hybridized carbons (Fsp3) is 0.280. The second-order valence-electron chi connectivity index (χ2n) is 7.22. The van der Waals surface area contributed by atoms with Crippen LogP contribution in [0.3, 0.4) is 0 Å². The number of benzene rings is 3. The molecule has 0 spiro atoms. The third-order valence-electron chi connectivity index (χ3n) is 5.00. The number of hydrogen-bond acceptors (Lipinski definition) is 3. The summed E-state index contributed by atoms with van der Waals surface area (Å²) in [6.07, 6.45) is 0.601. The first kappa shape index (κ1) is 20.3. The Morgan fingerprint density at radius 2 is 1.14 bits per heavy atom. The maximum atomic E-state index is 10.7. The van der Waals surface area contributed by atoms with E-state index in [1.807, 2.05) is 78.9 Å². The Hall–Kier alpha value is -2.46. The van der Waals surface area contributed by atoms with Crippen LogP contribution in [0.2, 0.25) is 0 Å². The second kappa shape index (κ2) is 10.8. The van der Waals surface area contributed by atoms with E-state index in [9.17, 15) is 10.2 Å². The molecule has 0 aliphatic rings. The maximum absolute atomic E-state index is 10.7. The van der Waals surface area contributed by atoms with Crippen molar-refractivity contribution in [3.63, 3.8) is 0 Å². The van der Waals surface area contributed by atoms with E-state index >= 15 is 0 Å². The molecular formula is C25H29NO2. The zero-order valence-electron chi connectivity index (χ0n) is 16.2. The normalized spacial score (nSPS) is 13.4. The molecule has 0 radical (unpaired) electrons. The van der Waals surface area contributed by atoms with Gasteiger partial charge in [0.1, 0.15) is 0 Å². The van der Waals surface area contributed by atoms with Gasteiger partial charge < -0.3 is 10.2 Å². The molecule has 0 heterocycles. The molecular weight excluding hydrogens is 346 g/mol. The van der Waals surface area contributed by atoms with E-state index in [-0.39, 0.29) is 0 Å². The van der Waals surface area contributed by atoms with Crippen LogP contribution in [0.5, 0.6) is 0 Å². The van der Waals surface area contributed by atoms with Crippen LogP contribution in [0.25, 0.3) is 0 Å². The van der Waals surface area contributed by atoms with Gasteiger partial charge in [-0.15, -0.1) is 0 Å². The summed E-state index contributed by atoms with van der Waals surface area (Å²) in [5.74, 6) is 0. The molecule has 0 aliphatic carbocycles. The average Bonchev–Trinajstić information content (AvgIpc) is 2.75. The molecule has 3 aromatic rings. The molecule has 0 unspecified atom stereocenters. The van der Waals surface area contributed by atoms with Gasteiger partial charge in [0.25, 0.3) is 0 Å². The highest BCUT2D eigenvalue weighted by Crippen LogP contribution is 2.20. The van der Waals surface area contributed by atoms with Gasteiger partial charge in [-0.3, -0.25) is 4.90 Å². The average molecular weight is 376 g/mol. The number of rotatable bonds is 10. The minimum atomic E-state index is -0.524. The first-order valence-electron chi connectivity index (χ1n) is 9.94. The maximum Gasteiger partial charge on any atom is 0.0917 e. The van der Waals surface area contributed by atoms with Crippen molar-refractivity contribution >= 4 is 0 Å². The molecule has 2 atom stereocenters. The topological polar surface area (TPSA) is 43.7 Å². The van der Waals surface area contributed by atoms with Crippen molar-refractivity contribution in [2.45, 2.75) is 31.6 Å². The predicted octanol–water partition coefficient (Wildman–Crippen LogP) is 4.74. The predicted molar refractivity (Wildman–Crippen MR) is 114 cm³/mol. The Morgan fingerprint density at radius 3 is 1.71 bits per heavy atom. The molecule has 2 N–H and O–H groups in total. The molecule has 0 bridgehead atoms. The Labute approximate surface area is 167 Å². The standard InChI is InChI=1S/C25H29NO2/c27-24(22-13-6-2-7-14-22)17-10-18-26(19-21-11-4-1-5-12-21)20-25(28)23-15-8-3-9-16-23/h1-9,11-16,24-25,27-28H,10,17-20H2/t24-,25+/m0/s1. The molecule has 0 saturated carbocycles. The quantitative estimate of drug-likeness (QED) is 0.538. The summed E-state index contributed by atoms with van der Waals surface area (Å²) in [5.41, 5.74) is 3.12. The van der Waals surface area contributed by atoms with Crippen LogP contribution in [0.1, 0.15) is 41.7 Å². The van der Waals surface area contributed by atoms with Crippen LogP contribution in [0.15, 0.2) is 91.0 Å². The highest BCUT2D eigenvalue weighted by atomic mass is 16.3. The number of aliphatic hydroxyl groups is 2. The van der Waals surface area contributed by atoms with Crippen molar-refractivity contribution in [2.24, 2.45) is 0 Å². The van der Waals surface area contributed by atoms with Gasteiger partial charge in [-0.1, -0.05) is 91.0 Å². The Morgan fingerprint density at radius 1 is 0.643 bits per heavy atom. The Bertz CT molecular complexity index is 793. The third kappa shape index (κ3) is 6.31. The largest absolute Gasteiger partial charge is 0.388 e. The monoisotopic (exact) mass is 375 g/mol. The fourth-order valence-corrected chi connectivity index (χ4v) is 3.45. The summed E-state index contributed by atoms with van der Waals surface area (Å²) in [6, 6.07) is 29.9. The molecule has 0 fully saturated rings. The van der Waals surface area contributed by atoms with E-state index < -0.39 is 12.2 Å². The van der Waals surface area contributed by atoms with Gasteiger partial charge in [0, 0.05) is 13.1 Å². The number of aliphatic hydroxyl groups excluding tert-OH is 2. The minimum Gasteiger partial charge on any atom is -0.388 e. The molecule has 0 aliphatic heterocycles. The summed E-state index contributed by atoms with van der Waals surface area (Å²) in [4.78, 5) is 2.27. The first-order valence-corrected chi connectivity index (χ1v) is 9.94. The summed E-state index contributed by atoms with van der Waals surface area (Å²) in [7, 11) is 0. The third-order valence-corrected chi connectivity index (χ3v) is 5.00. The smallest absolute Gasteiger partial charge is 0.0917 e. The van der Waals surface area contributed by atoms with Crippen molar-refractivity contribution in [3.8, 4) is 0 Å². The van der Waals surface area contributed by atoms with E-state index in [4.69, 9.17) is 0 Å². The van der Waals surface area contributed by atoms with Crippen molar-refractivity contribution in [2.75, 3.05) is 13.1 Å². The zero-order valence-corrected chi connectivity index (χ0v) is 16.2. The van der Waals surface area contributed by atoms with Crippen LogP contribution in [-0.2, 0) is 6.54 Å². The van der Waals surface area contributed by atoms with Gasteiger partial charge in [-0.2, -0.15) is 0 Å². The van der Waals surface area contributed by atoms with E-state index in [2.05, 4.69) is 17.0 Å². The molecule has 0 amide bonds. The fourth-order valence-electron chi connectivity index (χ4n) is 3.45. The summed E-state index contributed by atoms with van der Waals surface area (Å²) in [5, 5.41) is 21.1. The SMILES string of the molecule is O[C@H](CN(CCC[C@H](O)c1ccccc1)Cc1ccccc1)c1ccccc1. The highest BCUT2D eigenvalue weighted by Gasteiger charge is 2.15. The summed E-state index contributed by atoms with van der Waals surface area (Å²) >= 11 is 0. The van der Waals surface area contributed by atoms with Crippen molar-refractivity contribution in [3.05, 3.63) is 108 Å². The van der Waals surface area contributed by atoms with E-state index in [1.54, 1.807) is 0 Å². The van der Waals surface area contributed by atoms with E-state index in [0.29, 0.717) is 13.0 Å². The number of hydrogen-bond donors (Lipinski definition) is 2.